The first kappa shape index (κ1) is 18.0. The molecule has 3 aromatic rings. The third-order valence-corrected chi connectivity index (χ3v) is 4.97. The molecule has 0 spiro atoms. The number of benzene rings is 2. The third kappa shape index (κ3) is 4.43. The van der Waals surface area contributed by atoms with Crippen LogP contribution in [0.4, 0.5) is 0 Å². The molecule has 132 valence electrons. The zero-order valence-electron chi connectivity index (χ0n) is 14.4. The minimum atomic E-state index is -0.836. The van der Waals surface area contributed by atoms with E-state index in [0.29, 0.717) is 17.8 Å². The smallest absolute Gasteiger partial charge is 0.313 e. The van der Waals surface area contributed by atoms with Gasteiger partial charge in [0, 0.05) is 23.2 Å². The first-order valence-electron chi connectivity index (χ1n) is 8.23. The summed E-state index contributed by atoms with van der Waals surface area (Å²) in [6.45, 7) is 2.55. The van der Waals surface area contributed by atoms with Crippen LogP contribution in [0, 0.1) is 6.92 Å². The Bertz CT molecular complexity index is 928. The summed E-state index contributed by atoms with van der Waals surface area (Å²) < 4.78 is 1.92. The molecule has 0 atom stereocenters. The molecule has 0 amide bonds. The van der Waals surface area contributed by atoms with Crippen LogP contribution in [-0.2, 0) is 11.3 Å². The number of aliphatic carboxylic acids is 1. The highest BCUT2D eigenvalue weighted by Gasteiger charge is 2.13. The molecule has 3 rings (SSSR count). The number of carbonyl (C=O) groups is 2. The SMILES string of the molecule is Cc1ccc(C(=O)c2cccn2Cc2cccc(SCC(=O)O)c2)cc1. The summed E-state index contributed by atoms with van der Waals surface area (Å²) in [5.74, 6) is -0.812. The van der Waals surface area contributed by atoms with Gasteiger partial charge < -0.3 is 9.67 Å². The van der Waals surface area contributed by atoms with Crippen LogP contribution in [0.5, 0.6) is 0 Å². The van der Waals surface area contributed by atoms with Gasteiger partial charge in [-0.05, 0) is 36.8 Å². The van der Waals surface area contributed by atoms with Crippen molar-refractivity contribution in [2.75, 3.05) is 5.75 Å². The van der Waals surface area contributed by atoms with Crippen LogP contribution in [0.25, 0.3) is 0 Å². The third-order valence-electron chi connectivity index (χ3n) is 3.99. The molecule has 1 aromatic heterocycles. The van der Waals surface area contributed by atoms with Crippen LogP contribution in [0.3, 0.4) is 0 Å². The van der Waals surface area contributed by atoms with Crippen LogP contribution in [0.1, 0.15) is 27.2 Å². The molecule has 0 bridgehead atoms. The second kappa shape index (κ2) is 8.06. The second-order valence-corrected chi connectivity index (χ2v) is 7.10. The number of aromatic nitrogens is 1. The van der Waals surface area contributed by atoms with Gasteiger partial charge in [0.15, 0.2) is 0 Å². The van der Waals surface area contributed by atoms with E-state index in [2.05, 4.69) is 0 Å². The average molecular weight is 365 g/mol. The van der Waals surface area contributed by atoms with Gasteiger partial charge in [0.1, 0.15) is 0 Å². The van der Waals surface area contributed by atoms with Crippen LogP contribution in [0.2, 0.25) is 0 Å². The molecule has 2 aromatic carbocycles. The summed E-state index contributed by atoms with van der Waals surface area (Å²) in [4.78, 5) is 24.4. The van der Waals surface area contributed by atoms with Crippen LogP contribution in [0.15, 0.2) is 71.8 Å². The Morgan fingerprint density at radius 2 is 1.81 bits per heavy atom. The molecule has 0 saturated carbocycles. The van der Waals surface area contributed by atoms with E-state index < -0.39 is 5.97 Å². The number of aryl methyl sites for hydroxylation is 1. The van der Waals surface area contributed by atoms with E-state index >= 15 is 0 Å². The maximum absolute atomic E-state index is 12.8. The van der Waals surface area contributed by atoms with Gasteiger partial charge in [0.25, 0.3) is 0 Å². The van der Waals surface area contributed by atoms with Gasteiger partial charge >= 0.3 is 5.97 Å². The zero-order valence-corrected chi connectivity index (χ0v) is 15.2. The largest absolute Gasteiger partial charge is 0.481 e. The lowest BCUT2D eigenvalue weighted by Crippen LogP contribution is -2.10. The summed E-state index contributed by atoms with van der Waals surface area (Å²) in [5, 5.41) is 8.81. The van der Waals surface area contributed by atoms with Crippen LogP contribution >= 0.6 is 11.8 Å². The second-order valence-electron chi connectivity index (χ2n) is 6.05. The lowest BCUT2D eigenvalue weighted by molar-refractivity contribution is -0.133. The van der Waals surface area contributed by atoms with Crippen molar-refractivity contribution >= 4 is 23.5 Å². The van der Waals surface area contributed by atoms with Gasteiger partial charge in [0.05, 0.1) is 11.4 Å². The molecule has 0 fully saturated rings. The molecule has 0 radical (unpaired) electrons. The van der Waals surface area contributed by atoms with Crippen molar-refractivity contribution in [1.82, 2.24) is 4.57 Å². The van der Waals surface area contributed by atoms with Crippen molar-refractivity contribution in [1.29, 1.82) is 0 Å². The molecule has 26 heavy (non-hydrogen) atoms. The number of carboxylic acid groups (broad SMARTS) is 1. The van der Waals surface area contributed by atoms with Crippen molar-refractivity contribution in [2.24, 2.45) is 0 Å². The molecule has 0 aliphatic rings. The molecule has 5 heteroatoms. The summed E-state index contributed by atoms with van der Waals surface area (Å²) in [5.41, 5.74) is 3.45. The normalized spacial score (nSPS) is 10.7. The van der Waals surface area contributed by atoms with Crippen molar-refractivity contribution in [2.45, 2.75) is 18.4 Å². The van der Waals surface area contributed by atoms with E-state index in [4.69, 9.17) is 5.11 Å². The minimum absolute atomic E-state index is 0.00796. The Hall–Kier alpha value is -2.79. The Kier molecular flexibility index (Phi) is 5.58. The topological polar surface area (TPSA) is 59.3 Å². The molecule has 0 aliphatic heterocycles. The molecule has 4 nitrogen and oxygen atoms in total. The summed E-state index contributed by atoms with van der Waals surface area (Å²) in [6, 6.07) is 19.0. The maximum Gasteiger partial charge on any atom is 0.313 e. The molecule has 0 unspecified atom stereocenters. The lowest BCUT2D eigenvalue weighted by Gasteiger charge is -2.10. The van der Waals surface area contributed by atoms with Gasteiger partial charge in [-0.2, -0.15) is 0 Å². The first-order chi connectivity index (χ1) is 12.5. The highest BCUT2D eigenvalue weighted by atomic mass is 32.2. The quantitative estimate of drug-likeness (QED) is 0.502. The summed E-state index contributed by atoms with van der Waals surface area (Å²) in [6.07, 6.45) is 1.89. The highest BCUT2D eigenvalue weighted by molar-refractivity contribution is 8.00. The monoisotopic (exact) mass is 365 g/mol. The fraction of sp³-hybridized carbons (Fsp3) is 0.143. The zero-order chi connectivity index (χ0) is 18.5. The number of hydrogen-bond acceptors (Lipinski definition) is 3. The molecule has 1 N–H and O–H groups in total. The molecule has 0 saturated heterocycles. The van der Waals surface area contributed by atoms with Gasteiger partial charge in [-0.1, -0.05) is 42.0 Å². The van der Waals surface area contributed by atoms with Crippen LogP contribution < -0.4 is 0 Å². The standard InChI is InChI=1S/C21H19NO3S/c1-15-7-9-17(10-8-15)21(25)19-6-3-11-22(19)13-16-4-2-5-18(12-16)26-14-20(23)24/h2-12H,13-14H2,1H3,(H,23,24). The molecular weight excluding hydrogens is 346 g/mol. The number of hydrogen-bond donors (Lipinski definition) is 1. The number of nitrogens with zero attached hydrogens (tertiary/aromatic N) is 1. The number of carbonyl (C=O) groups excluding carboxylic acids is 1. The van der Waals surface area contributed by atoms with E-state index in [-0.39, 0.29) is 11.5 Å². The van der Waals surface area contributed by atoms with E-state index in [0.717, 1.165) is 16.0 Å². The number of ketones is 1. The van der Waals surface area contributed by atoms with E-state index in [1.807, 2.05) is 78.4 Å². The number of rotatable bonds is 7. The molecular formula is C21H19NO3S. The Balaban J connectivity index is 1.79. The Morgan fingerprint density at radius 3 is 2.54 bits per heavy atom. The van der Waals surface area contributed by atoms with Crippen molar-refractivity contribution in [3.05, 3.63) is 89.2 Å². The maximum atomic E-state index is 12.8. The number of carboxylic acids is 1. The summed E-state index contributed by atoms with van der Waals surface area (Å²) in [7, 11) is 0. The highest BCUT2D eigenvalue weighted by Crippen LogP contribution is 2.20. The van der Waals surface area contributed by atoms with Crippen molar-refractivity contribution in [3.63, 3.8) is 0 Å². The van der Waals surface area contributed by atoms with Gasteiger partial charge in [-0.3, -0.25) is 9.59 Å². The van der Waals surface area contributed by atoms with Gasteiger partial charge in [-0.15, -0.1) is 11.8 Å². The first-order valence-corrected chi connectivity index (χ1v) is 9.21. The number of thioether (sulfide) groups is 1. The van der Waals surface area contributed by atoms with Gasteiger partial charge in [-0.25, -0.2) is 0 Å². The Labute approximate surface area is 156 Å². The summed E-state index contributed by atoms with van der Waals surface area (Å²) >= 11 is 1.29. The predicted molar refractivity (Wildman–Crippen MR) is 103 cm³/mol. The van der Waals surface area contributed by atoms with Crippen LogP contribution in [-0.4, -0.2) is 27.2 Å². The Morgan fingerprint density at radius 1 is 1.04 bits per heavy atom. The van der Waals surface area contributed by atoms with Crippen molar-refractivity contribution in [3.8, 4) is 0 Å². The van der Waals surface area contributed by atoms with E-state index in [1.54, 1.807) is 0 Å². The predicted octanol–water partition coefficient (Wildman–Crippen LogP) is 4.25. The van der Waals surface area contributed by atoms with Gasteiger partial charge in [0.2, 0.25) is 5.78 Å². The molecule has 1 heterocycles. The average Bonchev–Trinajstić information content (AvgIpc) is 3.08. The van der Waals surface area contributed by atoms with E-state index in [1.165, 1.54) is 11.8 Å². The van der Waals surface area contributed by atoms with Crippen molar-refractivity contribution < 1.29 is 14.7 Å². The minimum Gasteiger partial charge on any atom is -0.481 e. The fourth-order valence-corrected chi connectivity index (χ4v) is 3.39. The lowest BCUT2D eigenvalue weighted by atomic mass is 10.1. The van der Waals surface area contributed by atoms with E-state index in [9.17, 15) is 9.59 Å². The molecule has 0 aliphatic carbocycles. The fourth-order valence-electron chi connectivity index (χ4n) is 2.69.